The molecule has 0 radical (unpaired) electrons. The Kier molecular flexibility index (Phi) is 2.74. The second-order valence-corrected chi connectivity index (χ2v) is 4.73. The number of nitrogens with zero attached hydrogens (tertiary/aromatic N) is 3. The van der Waals surface area contributed by atoms with E-state index in [9.17, 15) is 4.79 Å². The molecule has 2 aromatic rings. The van der Waals surface area contributed by atoms with E-state index in [1.807, 2.05) is 17.0 Å². The van der Waals surface area contributed by atoms with E-state index < -0.39 is 0 Å². The van der Waals surface area contributed by atoms with Crippen LogP contribution in [0.15, 0.2) is 16.9 Å². The van der Waals surface area contributed by atoms with Gasteiger partial charge in [0.2, 0.25) is 5.89 Å². The van der Waals surface area contributed by atoms with Crippen molar-refractivity contribution in [2.45, 2.75) is 39.2 Å². The van der Waals surface area contributed by atoms with E-state index >= 15 is 0 Å². The topological polar surface area (TPSA) is 60.9 Å². The lowest BCUT2D eigenvalue weighted by Crippen LogP contribution is -2.00. The van der Waals surface area contributed by atoms with Crippen LogP contribution >= 0.6 is 0 Å². The lowest BCUT2D eigenvalue weighted by atomic mass is 10.1. The van der Waals surface area contributed by atoms with Crippen molar-refractivity contribution in [3.8, 4) is 0 Å². The number of aromatic nitrogens is 3. The van der Waals surface area contributed by atoms with Crippen molar-refractivity contribution < 1.29 is 9.32 Å². The Balaban J connectivity index is 1.86. The molecule has 0 spiro atoms. The summed E-state index contributed by atoms with van der Waals surface area (Å²) in [6, 6.07) is 0. The number of rotatable bonds is 2. The highest BCUT2D eigenvalue weighted by atomic mass is 16.5. The van der Waals surface area contributed by atoms with Crippen molar-refractivity contribution in [3.63, 3.8) is 0 Å². The molecule has 0 aliphatic heterocycles. The average Bonchev–Trinajstić information content (AvgIpc) is 2.88. The Morgan fingerprint density at radius 2 is 2.17 bits per heavy atom. The summed E-state index contributed by atoms with van der Waals surface area (Å²) in [5.74, 6) is 1.46. The number of hydrogen-bond donors (Lipinski definition) is 0. The average molecular weight is 245 g/mol. The molecule has 5 nitrogen and oxygen atoms in total. The van der Waals surface area contributed by atoms with Gasteiger partial charge >= 0.3 is 0 Å². The minimum absolute atomic E-state index is 0.255. The van der Waals surface area contributed by atoms with Gasteiger partial charge in [-0.15, -0.1) is 0 Å². The van der Waals surface area contributed by atoms with Crippen molar-refractivity contribution in [1.29, 1.82) is 0 Å². The SMILES string of the molecule is Cc1nc(Cn2cc3c(c2)C(=O)CCCC3)no1. The van der Waals surface area contributed by atoms with Crippen LogP contribution in [-0.4, -0.2) is 20.5 Å². The zero-order valence-corrected chi connectivity index (χ0v) is 10.3. The molecule has 0 amide bonds. The quantitative estimate of drug-likeness (QED) is 0.760. The number of carbonyl (C=O) groups is 1. The molecule has 2 heterocycles. The lowest BCUT2D eigenvalue weighted by molar-refractivity contribution is 0.0982. The summed E-state index contributed by atoms with van der Waals surface area (Å²) in [6.45, 7) is 2.32. The third-order valence-electron chi connectivity index (χ3n) is 3.26. The van der Waals surface area contributed by atoms with Crippen LogP contribution in [0.25, 0.3) is 0 Å². The Labute approximate surface area is 105 Å². The molecule has 0 unspecified atom stereocenters. The summed E-state index contributed by atoms with van der Waals surface area (Å²) in [5, 5.41) is 3.86. The first-order valence-corrected chi connectivity index (χ1v) is 6.23. The number of ketones is 1. The van der Waals surface area contributed by atoms with Crippen molar-refractivity contribution in [1.82, 2.24) is 14.7 Å². The van der Waals surface area contributed by atoms with Gasteiger partial charge < -0.3 is 9.09 Å². The van der Waals surface area contributed by atoms with Gasteiger partial charge in [0, 0.05) is 31.3 Å². The number of Topliss-reactive ketones (excluding diaryl/α,β-unsaturated/α-hetero) is 1. The lowest BCUT2D eigenvalue weighted by Gasteiger charge is -1.97. The van der Waals surface area contributed by atoms with Crippen LogP contribution < -0.4 is 0 Å². The van der Waals surface area contributed by atoms with Crippen LogP contribution in [0.5, 0.6) is 0 Å². The van der Waals surface area contributed by atoms with Gasteiger partial charge in [0.1, 0.15) is 0 Å². The molecule has 0 fully saturated rings. The predicted octanol–water partition coefficient (Wildman–Crippen LogP) is 2.14. The van der Waals surface area contributed by atoms with Crippen LogP contribution in [-0.2, 0) is 13.0 Å². The van der Waals surface area contributed by atoms with E-state index in [1.54, 1.807) is 6.92 Å². The molecule has 0 atom stereocenters. The van der Waals surface area contributed by atoms with E-state index in [4.69, 9.17) is 4.52 Å². The van der Waals surface area contributed by atoms with Crippen LogP contribution in [0, 0.1) is 6.92 Å². The summed E-state index contributed by atoms with van der Waals surface area (Å²) in [6.07, 6.45) is 7.68. The third kappa shape index (κ3) is 2.08. The normalized spacial score (nSPS) is 15.5. The maximum absolute atomic E-state index is 11.9. The van der Waals surface area contributed by atoms with Crippen LogP contribution in [0.3, 0.4) is 0 Å². The zero-order valence-electron chi connectivity index (χ0n) is 10.3. The summed E-state index contributed by atoms with van der Waals surface area (Å²) < 4.78 is 6.91. The van der Waals surface area contributed by atoms with Crippen molar-refractivity contribution in [2.75, 3.05) is 0 Å². The number of aryl methyl sites for hydroxylation is 2. The van der Waals surface area contributed by atoms with Crippen LogP contribution in [0.2, 0.25) is 0 Å². The van der Waals surface area contributed by atoms with E-state index in [0.29, 0.717) is 24.7 Å². The molecule has 2 aromatic heterocycles. The molecule has 0 aromatic carbocycles. The van der Waals surface area contributed by atoms with Gasteiger partial charge in [-0.3, -0.25) is 4.79 Å². The highest BCUT2D eigenvalue weighted by molar-refractivity contribution is 5.97. The Hall–Kier alpha value is -1.91. The monoisotopic (exact) mass is 245 g/mol. The van der Waals surface area contributed by atoms with Gasteiger partial charge in [0.25, 0.3) is 0 Å². The predicted molar refractivity (Wildman–Crippen MR) is 64.5 cm³/mol. The highest BCUT2D eigenvalue weighted by Crippen LogP contribution is 2.21. The first-order valence-electron chi connectivity index (χ1n) is 6.23. The molecular formula is C13H15N3O2. The van der Waals surface area contributed by atoms with Gasteiger partial charge in [0.15, 0.2) is 11.6 Å². The minimum Gasteiger partial charge on any atom is -0.346 e. The Bertz CT molecular complexity index is 583. The van der Waals surface area contributed by atoms with Crippen molar-refractivity contribution in [2.24, 2.45) is 0 Å². The fourth-order valence-corrected chi connectivity index (χ4v) is 2.40. The van der Waals surface area contributed by atoms with E-state index in [1.165, 1.54) is 0 Å². The Morgan fingerprint density at radius 1 is 1.33 bits per heavy atom. The Morgan fingerprint density at radius 3 is 2.94 bits per heavy atom. The fourth-order valence-electron chi connectivity index (χ4n) is 2.40. The van der Waals surface area contributed by atoms with Gasteiger partial charge in [-0.05, 0) is 24.8 Å². The zero-order chi connectivity index (χ0) is 12.5. The van der Waals surface area contributed by atoms with E-state index in [-0.39, 0.29) is 5.78 Å². The summed E-state index contributed by atoms with van der Waals surface area (Å²) in [5.41, 5.74) is 2.02. The molecule has 0 bridgehead atoms. The molecule has 0 saturated heterocycles. The van der Waals surface area contributed by atoms with Gasteiger partial charge in [0.05, 0.1) is 6.54 Å². The van der Waals surface area contributed by atoms with Gasteiger partial charge in [-0.25, -0.2) is 0 Å². The van der Waals surface area contributed by atoms with E-state index in [0.717, 1.165) is 30.4 Å². The molecule has 5 heteroatoms. The summed E-state index contributed by atoms with van der Waals surface area (Å²) in [4.78, 5) is 16.1. The number of carbonyl (C=O) groups excluding carboxylic acids is 1. The van der Waals surface area contributed by atoms with Crippen LogP contribution in [0.4, 0.5) is 0 Å². The first-order chi connectivity index (χ1) is 8.72. The van der Waals surface area contributed by atoms with Crippen LogP contribution in [0.1, 0.15) is 46.9 Å². The molecule has 18 heavy (non-hydrogen) atoms. The molecule has 0 N–H and O–H groups in total. The van der Waals surface area contributed by atoms with Gasteiger partial charge in [-0.1, -0.05) is 5.16 Å². The second-order valence-electron chi connectivity index (χ2n) is 4.73. The summed E-state index contributed by atoms with van der Waals surface area (Å²) in [7, 11) is 0. The maximum atomic E-state index is 11.9. The number of fused-ring (bicyclic) bond motifs is 1. The molecule has 1 aliphatic carbocycles. The molecular weight excluding hydrogens is 230 g/mol. The molecule has 0 saturated carbocycles. The first kappa shape index (κ1) is 11.2. The number of hydrogen-bond acceptors (Lipinski definition) is 4. The molecule has 1 aliphatic rings. The summed E-state index contributed by atoms with van der Waals surface area (Å²) >= 11 is 0. The largest absolute Gasteiger partial charge is 0.346 e. The second kappa shape index (κ2) is 4.40. The van der Waals surface area contributed by atoms with Gasteiger partial charge in [-0.2, -0.15) is 4.98 Å². The fraction of sp³-hybridized carbons (Fsp3) is 0.462. The smallest absolute Gasteiger partial charge is 0.223 e. The standard InChI is InChI=1S/C13H15N3O2/c1-9-14-13(15-18-9)8-16-6-10-4-2-3-5-12(17)11(10)7-16/h6-7H,2-5,8H2,1H3. The molecule has 94 valence electrons. The third-order valence-corrected chi connectivity index (χ3v) is 3.26. The molecule has 3 rings (SSSR count). The maximum Gasteiger partial charge on any atom is 0.223 e. The van der Waals surface area contributed by atoms with E-state index in [2.05, 4.69) is 10.1 Å². The van der Waals surface area contributed by atoms with Crippen molar-refractivity contribution >= 4 is 5.78 Å². The highest BCUT2D eigenvalue weighted by Gasteiger charge is 2.18. The van der Waals surface area contributed by atoms with Crippen molar-refractivity contribution in [3.05, 3.63) is 35.2 Å². The minimum atomic E-state index is 0.255.